The van der Waals surface area contributed by atoms with Crippen LogP contribution in [0, 0.1) is 15.9 Å². The summed E-state index contributed by atoms with van der Waals surface area (Å²) in [7, 11) is 1.11. The molecule has 1 rings (SSSR count). The summed E-state index contributed by atoms with van der Waals surface area (Å²) in [4.78, 5) is 20.5. The monoisotopic (exact) mass is 243 g/mol. The van der Waals surface area contributed by atoms with Gasteiger partial charge in [-0.1, -0.05) is 6.07 Å². The van der Waals surface area contributed by atoms with Gasteiger partial charge in [0, 0.05) is 12.5 Å². The summed E-state index contributed by atoms with van der Waals surface area (Å²) in [5.41, 5.74) is -0.421. The number of esters is 1. The molecule has 17 heavy (non-hydrogen) atoms. The van der Waals surface area contributed by atoms with Crippen molar-refractivity contribution in [3.05, 3.63) is 39.7 Å². The molecule has 0 aromatic heterocycles. The largest absolute Gasteiger partial charge is 0.467 e. The zero-order chi connectivity index (χ0) is 13.0. The van der Waals surface area contributed by atoms with Crippen LogP contribution in [-0.2, 0) is 16.0 Å². The summed E-state index contributed by atoms with van der Waals surface area (Å²) >= 11 is 0. The number of aliphatic hydroxyl groups is 1. The van der Waals surface area contributed by atoms with Crippen LogP contribution in [0.15, 0.2) is 18.2 Å². The Bertz CT molecular complexity index is 448. The van der Waals surface area contributed by atoms with Gasteiger partial charge >= 0.3 is 11.7 Å². The number of carbonyl (C=O) groups excluding carboxylic acids is 1. The number of hydrogen-bond acceptors (Lipinski definition) is 5. The summed E-state index contributed by atoms with van der Waals surface area (Å²) in [6.45, 7) is 0. The first-order chi connectivity index (χ1) is 7.95. The van der Waals surface area contributed by atoms with Crippen molar-refractivity contribution in [3.63, 3.8) is 0 Å². The van der Waals surface area contributed by atoms with Crippen LogP contribution in [0.5, 0.6) is 0 Å². The molecule has 1 unspecified atom stereocenters. The first-order valence-electron chi connectivity index (χ1n) is 4.64. The van der Waals surface area contributed by atoms with E-state index in [0.29, 0.717) is 0 Å². The highest BCUT2D eigenvalue weighted by molar-refractivity contribution is 5.74. The smallest absolute Gasteiger partial charge is 0.335 e. The van der Waals surface area contributed by atoms with Crippen molar-refractivity contribution in [2.75, 3.05) is 7.11 Å². The Morgan fingerprint density at radius 2 is 2.29 bits per heavy atom. The molecule has 1 N–H and O–H groups in total. The molecule has 6 nitrogen and oxygen atoms in total. The number of hydrogen-bond donors (Lipinski definition) is 1. The van der Waals surface area contributed by atoms with Gasteiger partial charge in [0.25, 0.3) is 0 Å². The summed E-state index contributed by atoms with van der Waals surface area (Å²) in [6.07, 6.45) is -1.60. The Morgan fingerprint density at radius 1 is 1.65 bits per heavy atom. The van der Waals surface area contributed by atoms with E-state index < -0.39 is 28.5 Å². The van der Waals surface area contributed by atoms with Crippen LogP contribution < -0.4 is 0 Å². The maximum atomic E-state index is 13.0. The van der Waals surface area contributed by atoms with E-state index >= 15 is 0 Å². The summed E-state index contributed by atoms with van der Waals surface area (Å²) in [5, 5.41) is 19.8. The molecule has 1 aromatic rings. The molecular weight excluding hydrogens is 233 g/mol. The maximum Gasteiger partial charge on any atom is 0.335 e. The topological polar surface area (TPSA) is 89.7 Å². The van der Waals surface area contributed by atoms with Crippen molar-refractivity contribution >= 4 is 11.7 Å². The molecule has 0 spiro atoms. The first-order valence-corrected chi connectivity index (χ1v) is 4.64. The second-order valence-corrected chi connectivity index (χ2v) is 3.29. The highest BCUT2D eigenvalue weighted by atomic mass is 19.1. The van der Waals surface area contributed by atoms with Gasteiger partial charge in [-0.05, 0) is 11.6 Å². The van der Waals surface area contributed by atoms with Gasteiger partial charge in [-0.3, -0.25) is 10.1 Å². The van der Waals surface area contributed by atoms with E-state index in [9.17, 15) is 24.4 Å². The Balaban J connectivity index is 2.90. The summed E-state index contributed by atoms with van der Waals surface area (Å²) in [5.74, 6) is -1.82. The van der Waals surface area contributed by atoms with Crippen LogP contribution in [0.1, 0.15) is 5.56 Å². The molecule has 0 radical (unpaired) electrons. The number of carbonyl (C=O) groups is 1. The van der Waals surface area contributed by atoms with Gasteiger partial charge in [-0.25, -0.2) is 4.79 Å². The average molecular weight is 243 g/mol. The van der Waals surface area contributed by atoms with Crippen LogP contribution in [0.4, 0.5) is 10.1 Å². The third-order valence-corrected chi connectivity index (χ3v) is 2.11. The fourth-order valence-electron chi connectivity index (χ4n) is 1.27. The quantitative estimate of drug-likeness (QED) is 0.480. The summed E-state index contributed by atoms with van der Waals surface area (Å²) in [6, 6.07) is 3.15. The number of ether oxygens (including phenoxy) is 1. The van der Waals surface area contributed by atoms with Gasteiger partial charge in [0.15, 0.2) is 6.10 Å². The van der Waals surface area contributed by atoms with E-state index in [1.54, 1.807) is 0 Å². The lowest BCUT2D eigenvalue weighted by Crippen LogP contribution is -2.24. The van der Waals surface area contributed by atoms with E-state index in [1.807, 2.05) is 0 Å². The average Bonchev–Trinajstić information content (AvgIpc) is 2.30. The van der Waals surface area contributed by atoms with Gasteiger partial charge in [-0.2, -0.15) is 4.39 Å². The fraction of sp³-hybridized carbons (Fsp3) is 0.300. The molecule has 0 aliphatic rings. The second kappa shape index (κ2) is 5.35. The van der Waals surface area contributed by atoms with E-state index in [-0.39, 0.29) is 12.0 Å². The van der Waals surface area contributed by atoms with E-state index in [0.717, 1.165) is 19.2 Å². The Hall–Kier alpha value is -2.02. The molecule has 7 heteroatoms. The predicted octanol–water partition coefficient (Wildman–Crippen LogP) is 0.810. The highest BCUT2D eigenvalue weighted by Crippen LogP contribution is 2.19. The Morgan fingerprint density at radius 3 is 2.82 bits per heavy atom. The van der Waals surface area contributed by atoms with Crippen molar-refractivity contribution in [2.45, 2.75) is 12.5 Å². The van der Waals surface area contributed by atoms with Gasteiger partial charge in [0.1, 0.15) is 0 Å². The molecule has 0 aliphatic heterocycles. The molecule has 0 bridgehead atoms. The van der Waals surface area contributed by atoms with Crippen molar-refractivity contribution in [3.8, 4) is 0 Å². The van der Waals surface area contributed by atoms with Crippen molar-refractivity contribution in [1.82, 2.24) is 0 Å². The SMILES string of the molecule is COC(=O)C(O)Cc1ccc(F)c([N+](=O)[O-])c1. The molecule has 92 valence electrons. The van der Waals surface area contributed by atoms with Crippen LogP contribution >= 0.6 is 0 Å². The molecule has 0 amide bonds. The molecule has 0 heterocycles. The lowest BCUT2D eigenvalue weighted by atomic mass is 10.1. The Labute approximate surface area is 95.8 Å². The number of methoxy groups -OCH3 is 1. The van der Waals surface area contributed by atoms with Gasteiger partial charge < -0.3 is 9.84 Å². The Kier molecular flexibility index (Phi) is 4.11. The standard InChI is InChI=1S/C10H10FNO5/c1-17-10(14)9(13)5-6-2-3-7(11)8(4-6)12(15)16/h2-4,9,13H,5H2,1H3. The molecule has 0 fully saturated rings. The van der Waals surface area contributed by atoms with Crippen molar-refractivity contribution in [1.29, 1.82) is 0 Å². The molecule has 0 saturated carbocycles. The predicted molar refractivity (Wildman–Crippen MR) is 54.8 cm³/mol. The second-order valence-electron chi connectivity index (χ2n) is 3.29. The zero-order valence-electron chi connectivity index (χ0n) is 8.92. The summed E-state index contributed by atoms with van der Waals surface area (Å²) < 4.78 is 17.3. The minimum atomic E-state index is -1.43. The minimum absolute atomic E-state index is 0.173. The molecule has 0 aliphatic carbocycles. The lowest BCUT2D eigenvalue weighted by molar-refractivity contribution is -0.387. The van der Waals surface area contributed by atoms with Gasteiger partial charge in [0.05, 0.1) is 12.0 Å². The molecular formula is C10H10FNO5. The minimum Gasteiger partial charge on any atom is -0.467 e. The number of rotatable bonds is 4. The molecule has 1 aromatic carbocycles. The highest BCUT2D eigenvalue weighted by Gasteiger charge is 2.19. The lowest BCUT2D eigenvalue weighted by Gasteiger charge is -2.07. The van der Waals surface area contributed by atoms with Crippen LogP contribution in [0.2, 0.25) is 0 Å². The van der Waals surface area contributed by atoms with Crippen LogP contribution in [0.25, 0.3) is 0 Å². The third-order valence-electron chi connectivity index (χ3n) is 2.11. The number of nitro groups is 1. The fourth-order valence-corrected chi connectivity index (χ4v) is 1.27. The zero-order valence-corrected chi connectivity index (χ0v) is 8.92. The number of aliphatic hydroxyl groups excluding tert-OH is 1. The molecule has 1 atom stereocenters. The number of nitro benzene ring substituents is 1. The van der Waals surface area contributed by atoms with E-state index in [1.165, 1.54) is 6.07 Å². The maximum absolute atomic E-state index is 13.0. The van der Waals surface area contributed by atoms with Gasteiger partial charge in [-0.15, -0.1) is 0 Å². The van der Waals surface area contributed by atoms with Crippen LogP contribution in [-0.4, -0.2) is 29.2 Å². The third kappa shape index (κ3) is 3.22. The van der Waals surface area contributed by atoms with Crippen molar-refractivity contribution in [2.24, 2.45) is 0 Å². The van der Waals surface area contributed by atoms with E-state index in [4.69, 9.17) is 0 Å². The van der Waals surface area contributed by atoms with Crippen LogP contribution in [0.3, 0.4) is 0 Å². The number of halogens is 1. The number of benzene rings is 1. The van der Waals surface area contributed by atoms with Crippen molar-refractivity contribution < 1.29 is 24.0 Å². The number of nitrogens with zero attached hydrogens (tertiary/aromatic N) is 1. The normalized spacial score (nSPS) is 11.9. The first kappa shape index (κ1) is 13.0. The molecule has 0 saturated heterocycles. The van der Waals surface area contributed by atoms with Gasteiger partial charge in [0.2, 0.25) is 5.82 Å². The van der Waals surface area contributed by atoms with E-state index in [2.05, 4.69) is 4.74 Å².